The molecule has 29 heavy (non-hydrogen) atoms. The van der Waals surface area contributed by atoms with E-state index in [1.165, 1.54) is 18.4 Å². The molecule has 3 aromatic rings. The number of benzene rings is 2. The SMILES string of the molecule is COc1ccc(Cl)cc1NC(=O)COC(=O)c1cc2c(s1)-c1ccccc1OC2. The quantitative estimate of drug-likeness (QED) is 0.591. The van der Waals surface area contributed by atoms with Crippen molar-refractivity contribution in [1.82, 2.24) is 0 Å². The van der Waals surface area contributed by atoms with Gasteiger partial charge in [-0.15, -0.1) is 11.3 Å². The van der Waals surface area contributed by atoms with Crippen LogP contribution in [0.5, 0.6) is 11.5 Å². The number of fused-ring (bicyclic) bond motifs is 3. The van der Waals surface area contributed by atoms with E-state index in [0.29, 0.717) is 27.9 Å². The smallest absolute Gasteiger partial charge is 0.348 e. The molecule has 1 aliphatic heterocycles. The first kappa shape index (κ1) is 19.3. The molecule has 0 saturated carbocycles. The Kier molecular flexibility index (Phi) is 5.42. The van der Waals surface area contributed by atoms with Crippen molar-refractivity contribution >= 4 is 40.5 Å². The van der Waals surface area contributed by atoms with Crippen molar-refractivity contribution in [2.24, 2.45) is 0 Å². The summed E-state index contributed by atoms with van der Waals surface area (Å²) < 4.78 is 16.1. The zero-order valence-electron chi connectivity index (χ0n) is 15.4. The number of esters is 1. The molecule has 0 atom stereocenters. The van der Waals surface area contributed by atoms with Crippen molar-refractivity contribution < 1.29 is 23.8 Å². The van der Waals surface area contributed by atoms with E-state index in [9.17, 15) is 9.59 Å². The Hall–Kier alpha value is -3.03. The number of amides is 1. The normalized spacial score (nSPS) is 11.7. The van der Waals surface area contributed by atoms with Gasteiger partial charge in [-0.3, -0.25) is 4.79 Å². The third kappa shape index (κ3) is 4.06. The third-order valence-electron chi connectivity index (χ3n) is 4.30. The molecule has 1 aromatic heterocycles. The molecule has 4 rings (SSSR count). The van der Waals surface area contributed by atoms with E-state index in [2.05, 4.69) is 5.32 Å². The highest BCUT2D eigenvalue weighted by Gasteiger charge is 2.23. The Morgan fingerprint density at radius 1 is 1.21 bits per heavy atom. The number of carbonyl (C=O) groups excluding carboxylic acids is 2. The van der Waals surface area contributed by atoms with Crippen molar-refractivity contribution in [2.45, 2.75) is 6.61 Å². The largest absolute Gasteiger partial charge is 0.495 e. The summed E-state index contributed by atoms with van der Waals surface area (Å²) >= 11 is 7.28. The minimum Gasteiger partial charge on any atom is -0.495 e. The predicted molar refractivity (Wildman–Crippen MR) is 111 cm³/mol. The molecule has 0 radical (unpaired) electrons. The average Bonchev–Trinajstić information content (AvgIpc) is 3.17. The van der Waals surface area contributed by atoms with E-state index in [1.54, 1.807) is 24.3 Å². The molecule has 2 aromatic carbocycles. The maximum atomic E-state index is 12.4. The van der Waals surface area contributed by atoms with Gasteiger partial charge in [0.1, 0.15) is 23.0 Å². The Balaban J connectivity index is 1.42. The lowest BCUT2D eigenvalue weighted by Crippen LogP contribution is -2.21. The molecule has 148 valence electrons. The minimum atomic E-state index is -0.560. The number of rotatable bonds is 5. The van der Waals surface area contributed by atoms with Crippen molar-refractivity contribution in [2.75, 3.05) is 19.0 Å². The average molecular weight is 430 g/mol. The fourth-order valence-corrected chi connectivity index (χ4v) is 4.23. The molecule has 0 bridgehead atoms. The maximum absolute atomic E-state index is 12.4. The van der Waals surface area contributed by atoms with Gasteiger partial charge < -0.3 is 19.5 Å². The lowest BCUT2D eigenvalue weighted by atomic mass is 10.1. The molecule has 0 spiro atoms. The van der Waals surface area contributed by atoms with Crippen molar-refractivity contribution in [3.63, 3.8) is 0 Å². The summed E-state index contributed by atoms with van der Waals surface area (Å²) in [5.74, 6) is 0.194. The summed E-state index contributed by atoms with van der Waals surface area (Å²) in [5.41, 5.74) is 2.28. The summed E-state index contributed by atoms with van der Waals surface area (Å²) in [7, 11) is 1.49. The van der Waals surface area contributed by atoms with E-state index in [1.807, 2.05) is 24.3 Å². The molecule has 1 aliphatic rings. The first-order valence-electron chi connectivity index (χ1n) is 8.70. The van der Waals surface area contributed by atoms with Crippen LogP contribution in [0.1, 0.15) is 15.2 Å². The highest BCUT2D eigenvalue weighted by molar-refractivity contribution is 7.17. The van der Waals surface area contributed by atoms with Crippen LogP contribution in [0, 0.1) is 0 Å². The number of thiophene rings is 1. The lowest BCUT2D eigenvalue weighted by molar-refractivity contribution is -0.119. The number of ether oxygens (including phenoxy) is 3. The van der Waals surface area contributed by atoms with E-state index >= 15 is 0 Å². The van der Waals surface area contributed by atoms with Crippen LogP contribution in [-0.2, 0) is 16.1 Å². The topological polar surface area (TPSA) is 73.9 Å². The molecule has 1 N–H and O–H groups in total. The summed E-state index contributed by atoms with van der Waals surface area (Å²) in [6, 6.07) is 14.3. The number of hydrogen-bond donors (Lipinski definition) is 1. The van der Waals surface area contributed by atoms with Crippen LogP contribution in [0.3, 0.4) is 0 Å². The van der Waals surface area contributed by atoms with Gasteiger partial charge in [0.05, 0.1) is 12.8 Å². The molecule has 8 heteroatoms. The third-order valence-corrected chi connectivity index (χ3v) is 5.72. The molecule has 0 aliphatic carbocycles. The fourth-order valence-electron chi connectivity index (χ4n) is 2.97. The van der Waals surface area contributed by atoms with Gasteiger partial charge >= 0.3 is 5.97 Å². The molecule has 6 nitrogen and oxygen atoms in total. The van der Waals surface area contributed by atoms with Gasteiger partial charge in [-0.1, -0.05) is 23.7 Å². The molecular formula is C21H16ClNO5S. The number of anilines is 1. The Morgan fingerprint density at radius 3 is 2.86 bits per heavy atom. The van der Waals surface area contributed by atoms with Crippen LogP contribution < -0.4 is 14.8 Å². The molecule has 0 unspecified atom stereocenters. The fraction of sp³-hybridized carbons (Fsp3) is 0.143. The Bertz CT molecular complexity index is 1090. The molecule has 2 heterocycles. The number of para-hydroxylation sites is 1. The predicted octanol–water partition coefficient (Wildman–Crippen LogP) is 4.77. The molecule has 0 fully saturated rings. The van der Waals surface area contributed by atoms with Crippen LogP contribution in [-0.4, -0.2) is 25.6 Å². The van der Waals surface area contributed by atoms with E-state index < -0.39 is 18.5 Å². The van der Waals surface area contributed by atoms with Crippen molar-refractivity contribution in [3.05, 3.63) is 64.0 Å². The van der Waals surface area contributed by atoms with Gasteiger partial charge in [0.15, 0.2) is 6.61 Å². The highest BCUT2D eigenvalue weighted by Crippen LogP contribution is 2.42. The number of carbonyl (C=O) groups is 2. The van der Waals surface area contributed by atoms with Crippen molar-refractivity contribution in [3.8, 4) is 21.9 Å². The van der Waals surface area contributed by atoms with Gasteiger partial charge in [0.25, 0.3) is 5.91 Å². The second kappa shape index (κ2) is 8.14. The summed E-state index contributed by atoms with van der Waals surface area (Å²) in [4.78, 5) is 26.0. The van der Waals surface area contributed by atoms with Crippen LogP contribution in [0.25, 0.3) is 10.4 Å². The number of nitrogens with one attached hydrogen (secondary N) is 1. The summed E-state index contributed by atoms with van der Waals surface area (Å²) in [6.45, 7) is -0.0324. The summed E-state index contributed by atoms with van der Waals surface area (Å²) in [6.07, 6.45) is 0. The first-order valence-corrected chi connectivity index (χ1v) is 9.90. The van der Waals surface area contributed by atoms with Gasteiger partial charge in [-0.25, -0.2) is 4.79 Å². The van der Waals surface area contributed by atoms with E-state index in [4.69, 9.17) is 25.8 Å². The minimum absolute atomic E-state index is 0.394. The first-order chi connectivity index (χ1) is 14.0. The number of methoxy groups -OCH3 is 1. The second-order valence-corrected chi connectivity index (χ2v) is 7.71. The second-order valence-electron chi connectivity index (χ2n) is 6.22. The Morgan fingerprint density at radius 2 is 2.03 bits per heavy atom. The monoisotopic (exact) mass is 429 g/mol. The maximum Gasteiger partial charge on any atom is 0.348 e. The Labute approximate surface area is 176 Å². The summed E-state index contributed by atoms with van der Waals surface area (Å²) in [5, 5.41) is 3.08. The van der Waals surface area contributed by atoms with E-state index in [0.717, 1.165) is 21.8 Å². The molecule has 1 amide bonds. The zero-order valence-corrected chi connectivity index (χ0v) is 16.9. The zero-order chi connectivity index (χ0) is 20.4. The van der Waals surface area contributed by atoms with Gasteiger partial charge in [0.2, 0.25) is 0 Å². The lowest BCUT2D eigenvalue weighted by Gasteiger charge is -2.16. The van der Waals surface area contributed by atoms with Crippen LogP contribution in [0.2, 0.25) is 5.02 Å². The van der Waals surface area contributed by atoms with E-state index in [-0.39, 0.29) is 0 Å². The molecule has 0 saturated heterocycles. The van der Waals surface area contributed by atoms with Gasteiger partial charge in [-0.05, 0) is 36.4 Å². The standard InChI is InChI=1S/C21H16ClNO5S/c1-26-17-7-6-13(22)9-15(17)23-19(24)11-28-21(25)18-8-12-10-27-16-5-3-2-4-14(16)20(12)29-18/h2-9H,10-11H2,1H3,(H,23,24). The van der Waals surface area contributed by atoms with Crippen molar-refractivity contribution in [1.29, 1.82) is 0 Å². The molecular weight excluding hydrogens is 414 g/mol. The van der Waals surface area contributed by atoms with Crippen LogP contribution >= 0.6 is 22.9 Å². The highest BCUT2D eigenvalue weighted by atomic mass is 35.5. The van der Waals surface area contributed by atoms with Gasteiger partial charge in [0, 0.05) is 21.0 Å². The number of halogens is 1. The van der Waals surface area contributed by atoms with Crippen LogP contribution in [0.15, 0.2) is 48.5 Å². The number of hydrogen-bond acceptors (Lipinski definition) is 6. The van der Waals surface area contributed by atoms with Gasteiger partial charge in [-0.2, -0.15) is 0 Å². The van der Waals surface area contributed by atoms with Crippen LogP contribution in [0.4, 0.5) is 5.69 Å².